The van der Waals surface area contributed by atoms with Crippen LogP contribution in [0.1, 0.15) is 41.9 Å². The van der Waals surface area contributed by atoms with Crippen LogP contribution in [0.25, 0.3) is 0 Å². The third kappa shape index (κ3) is 2.95. The molecule has 0 unspecified atom stereocenters. The zero-order valence-electron chi connectivity index (χ0n) is 15.7. The van der Waals surface area contributed by atoms with E-state index in [4.69, 9.17) is 4.74 Å². The largest absolute Gasteiger partial charge is 0.352 e. The lowest BCUT2D eigenvalue weighted by atomic mass is 9.88. The third-order valence-electron chi connectivity index (χ3n) is 6.17. The minimum absolute atomic E-state index is 0.0694. The average Bonchev–Trinajstić information content (AvgIpc) is 3.50. The Balaban J connectivity index is 1.35. The Hall–Kier alpha value is -2.19. The molecule has 2 amide bonds. The zero-order valence-corrected chi connectivity index (χ0v) is 16.6. The number of carbonyl (C=O) groups excluding carboxylic acids is 2. The Labute approximate surface area is 167 Å². The lowest BCUT2D eigenvalue weighted by Gasteiger charge is -2.46. The fourth-order valence-electron chi connectivity index (χ4n) is 4.65. The second-order valence-corrected chi connectivity index (χ2v) is 8.62. The summed E-state index contributed by atoms with van der Waals surface area (Å²) in [5, 5.41) is 3.82. The number of hydrogen-bond acceptors (Lipinski definition) is 5. The molecule has 28 heavy (non-hydrogen) atoms. The molecule has 148 valence electrons. The number of hydrogen-bond donors (Lipinski definition) is 0. The van der Waals surface area contributed by atoms with Crippen LogP contribution in [-0.4, -0.2) is 63.4 Å². The van der Waals surface area contributed by atoms with Gasteiger partial charge in [-0.1, -0.05) is 0 Å². The number of likely N-dealkylation sites (tertiary alicyclic amines) is 2. The van der Waals surface area contributed by atoms with Crippen LogP contribution in [0.2, 0.25) is 0 Å². The summed E-state index contributed by atoms with van der Waals surface area (Å²) in [6, 6.07) is 1.87. The van der Waals surface area contributed by atoms with Gasteiger partial charge in [0, 0.05) is 56.8 Å². The maximum Gasteiger partial charge on any atom is 0.254 e. The lowest BCUT2D eigenvalue weighted by molar-refractivity contribution is -0.179. The molecule has 0 N–H and O–H groups in total. The van der Waals surface area contributed by atoms with Crippen LogP contribution in [0.15, 0.2) is 29.2 Å². The molecule has 0 saturated carbocycles. The number of thiophene rings is 1. The Kier molecular flexibility index (Phi) is 4.47. The molecule has 5 heterocycles. The molecular formula is C20H24N4O3S. The first-order chi connectivity index (χ1) is 13.7. The molecule has 2 aromatic heterocycles. The summed E-state index contributed by atoms with van der Waals surface area (Å²) >= 11 is 1.53. The number of amides is 2. The molecule has 1 atom stereocenters. The highest BCUT2D eigenvalue weighted by Crippen LogP contribution is 2.40. The fourth-order valence-corrected chi connectivity index (χ4v) is 5.28. The number of ether oxygens (including phenoxy) is 1. The maximum absolute atomic E-state index is 13.0. The van der Waals surface area contributed by atoms with Gasteiger partial charge in [0.15, 0.2) is 6.10 Å². The van der Waals surface area contributed by atoms with Crippen LogP contribution in [0.4, 0.5) is 0 Å². The highest BCUT2D eigenvalue weighted by Gasteiger charge is 2.48. The zero-order chi connectivity index (χ0) is 19.1. The van der Waals surface area contributed by atoms with Gasteiger partial charge in [0.25, 0.3) is 11.8 Å². The molecule has 3 aliphatic heterocycles. The molecule has 8 heteroatoms. The summed E-state index contributed by atoms with van der Waals surface area (Å²) < 4.78 is 8.55. The van der Waals surface area contributed by atoms with Gasteiger partial charge in [0.1, 0.15) is 11.4 Å². The Morgan fingerprint density at radius 3 is 2.64 bits per heavy atom. The normalized spacial score (nSPS) is 23.8. The van der Waals surface area contributed by atoms with E-state index < -0.39 is 11.7 Å². The maximum atomic E-state index is 13.0. The van der Waals surface area contributed by atoms with Crippen molar-refractivity contribution in [3.63, 3.8) is 0 Å². The van der Waals surface area contributed by atoms with Crippen molar-refractivity contribution < 1.29 is 14.3 Å². The van der Waals surface area contributed by atoms with Crippen molar-refractivity contribution in [3.05, 3.63) is 40.6 Å². The van der Waals surface area contributed by atoms with Crippen LogP contribution in [-0.2, 0) is 21.7 Å². The molecule has 0 bridgehead atoms. The minimum atomic E-state index is -0.590. The summed E-state index contributed by atoms with van der Waals surface area (Å²) in [5.74, 6) is 1.05. The number of fused-ring (bicyclic) bond motifs is 2. The molecule has 1 spiro atoms. The summed E-state index contributed by atoms with van der Waals surface area (Å²) in [6.45, 7) is 3.37. The summed E-state index contributed by atoms with van der Waals surface area (Å²) in [4.78, 5) is 34.0. The second kappa shape index (κ2) is 7.00. The average molecular weight is 401 g/mol. The van der Waals surface area contributed by atoms with Gasteiger partial charge in [-0.3, -0.25) is 9.59 Å². The quantitative estimate of drug-likeness (QED) is 0.774. The van der Waals surface area contributed by atoms with Gasteiger partial charge < -0.3 is 19.1 Å². The summed E-state index contributed by atoms with van der Waals surface area (Å²) in [7, 11) is 0. The van der Waals surface area contributed by atoms with Crippen LogP contribution in [0, 0.1) is 0 Å². The van der Waals surface area contributed by atoms with Crippen molar-refractivity contribution in [1.29, 1.82) is 0 Å². The van der Waals surface area contributed by atoms with Crippen molar-refractivity contribution >= 4 is 23.2 Å². The molecule has 2 saturated heterocycles. The van der Waals surface area contributed by atoms with Gasteiger partial charge in [0.2, 0.25) is 0 Å². The van der Waals surface area contributed by atoms with E-state index in [9.17, 15) is 9.59 Å². The Morgan fingerprint density at radius 1 is 1.14 bits per heavy atom. The van der Waals surface area contributed by atoms with Crippen LogP contribution in [0.3, 0.4) is 0 Å². The van der Waals surface area contributed by atoms with Crippen molar-refractivity contribution in [1.82, 2.24) is 19.4 Å². The van der Waals surface area contributed by atoms with E-state index in [2.05, 4.69) is 9.55 Å². The Bertz CT molecular complexity index is 864. The molecule has 7 nitrogen and oxygen atoms in total. The van der Waals surface area contributed by atoms with E-state index in [1.165, 1.54) is 11.3 Å². The van der Waals surface area contributed by atoms with Gasteiger partial charge in [-0.15, -0.1) is 0 Å². The number of rotatable bonds is 2. The van der Waals surface area contributed by atoms with Gasteiger partial charge in [-0.2, -0.15) is 11.3 Å². The van der Waals surface area contributed by atoms with E-state index in [-0.39, 0.29) is 11.8 Å². The molecule has 5 rings (SSSR count). The van der Waals surface area contributed by atoms with E-state index in [1.807, 2.05) is 32.8 Å². The Morgan fingerprint density at radius 2 is 1.93 bits per heavy atom. The van der Waals surface area contributed by atoms with Crippen molar-refractivity contribution in [2.75, 3.05) is 26.2 Å². The van der Waals surface area contributed by atoms with Crippen LogP contribution in [0.5, 0.6) is 0 Å². The van der Waals surface area contributed by atoms with E-state index >= 15 is 0 Å². The van der Waals surface area contributed by atoms with Crippen molar-refractivity contribution in [2.24, 2.45) is 0 Å². The number of nitrogens with zero attached hydrogens (tertiary/aromatic N) is 4. The number of carbonyl (C=O) groups is 2. The monoisotopic (exact) mass is 400 g/mol. The predicted molar refractivity (Wildman–Crippen MR) is 104 cm³/mol. The van der Waals surface area contributed by atoms with Crippen molar-refractivity contribution in [3.8, 4) is 0 Å². The van der Waals surface area contributed by atoms with Crippen molar-refractivity contribution in [2.45, 2.75) is 43.9 Å². The third-order valence-corrected chi connectivity index (χ3v) is 6.86. The van der Waals surface area contributed by atoms with E-state index in [1.54, 1.807) is 6.20 Å². The number of imidazole rings is 1. The SMILES string of the molecule is O=C(c1ccsc1)N1CCC2(CC1)O[C@H](C(=O)N1CCCC1)Cn1ccnc12. The van der Waals surface area contributed by atoms with Crippen LogP contribution < -0.4 is 0 Å². The lowest BCUT2D eigenvalue weighted by Crippen LogP contribution is -2.55. The molecule has 0 radical (unpaired) electrons. The van der Waals surface area contributed by atoms with Gasteiger partial charge in [-0.05, 0) is 24.3 Å². The van der Waals surface area contributed by atoms with Gasteiger partial charge in [0.05, 0.1) is 12.1 Å². The number of aromatic nitrogens is 2. The molecule has 2 fully saturated rings. The van der Waals surface area contributed by atoms with Gasteiger partial charge in [-0.25, -0.2) is 4.98 Å². The fraction of sp³-hybridized carbons (Fsp3) is 0.550. The smallest absolute Gasteiger partial charge is 0.254 e. The highest BCUT2D eigenvalue weighted by atomic mass is 32.1. The first-order valence-electron chi connectivity index (χ1n) is 9.96. The van der Waals surface area contributed by atoms with Crippen LogP contribution >= 0.6 is 11.3 Å². The topological polar surface area (TPSA) is 67.7 Å². The summed E-state index contributed by atoms with van der Waals surface area (Å²) in [6.07, 6.45) is 6.70. The summed E-state index contributed by atoms with van der Waals surface area (Å²) in [5.41, 5.74) is 0.154. The molecule has 2 aromatic rings. The standard InChI is InChI=1S/C20H24N4O3S/c25-17(15-3-12-28-14-15)23-9-4-20(5-10-23)19-21-6-11-24(19)13-16(27-20)18(26)22-7-1-2-8-22/h3,6,11-12,14,16H,1-2,4-5,7-10,13H2/t16-/m0/s1. The molecule has 0 aliphatic carbocycles. The first-order valence-corrected chi connectivity index (χ1v) is 10.9. The minimum Gasteiger partial charge on any atom is -0.352 e. The predicted octanol–water partition coefficient (Wildman–Crippen LogP) is 2.10. The second-order valence-electron chi connectivity index (χ2n) is 7.84. The molecule has 3 aliphatic rings. The van der Waals surface area contributed by atoms with E-state index in [0.29, 0.717) is 32.5 Å². The molecular weight excluding hydrogens is 376 g/mol. The van der Waals surface area contributed by atoms with E-state index in [0.717, 1.165) is 37.3 Å². The van der Waals surface area contributed by atoms with Gasteiger partial charge >= 0.3 is 0 Å². The first kappa shape index (κ1) is 17.9. The highest BCUT2D eigenvalue weighted by molar-refractivity contribution is 7.08. The molecule has 0 aromatic carbocycles. The number of piperidine rings is 1.